The van der Waals surface area contributed by atoms with Crippen LogP contribution in [-0.4, -0.2) is 27.5 Å². The van der Waals surface area contributed by atoms with Crippen molar-refractivity contribution >= 4 is 22.6 Å². The minimum absolute atomic E-state index is 0.593. The normalized spacial score (nSPS) is 51.5. The van der Waals surface area contributed by atoms with Gasteiger partial charge in [-0.25, -0.2) is 0 Å². The monoisotopic (exact) mass is 265 g/mol. The molecule has 0 radical (unpaired) electrons. The third-order valence-electron chi connectivity index (χ3n) is 3.31. The molecule has 2 fully saturated rings. The maximum atomic E-state index is 2.64. The molecule has 2 aliphatic rings. The van der Waals surface area contributed by atoms with Gasteiger partial charge in [0, 0.05) is 15.5 Å². The maximum Gasteiger partial charge on any atom is 0.0224 e. The third kappa shape index (κ3) is 1.44. The second-order valence-electron chi connectivity index (χ2n) is 4.37. The summed E-state index contributed by atoms with van der Waals surface area (Å²) in [4.78, 5) is 2.60. The number of hydrogen-bond donors (Lipinski definition) is 0. The van der Waals surface area contributed by atoms with Gasteiger partial charge in [-0.05, 0) is 32.7 Å². The molecule has 0 aromatic heterocycles. The minimum atomic E-state index is 0.593. The number of halogens is 1. The summed E-state index contributed by atoms with van der Waals surface area (Å²) in [5.41, 5.74) is 0. The number of rotatable bonds is 0. The molecular formula is C9H16IN. The molecule has 2 heteroatoms. The summed E-state index contributed by atoms with van der Waals surface area (Å²) in [5.74, 6) is 0. The summed E-state index contributed by atoms with van der Waals surface area (Å²) in [6.07, 6.45) is 5.70. The molecule has 2 rings (SSSR count). The maximum absolute atomic E-state index is 2.64. The van der Waals surface area contributed by atoms with Crippen molar-refractivity contribution in [2.24, 2.45) is 0 Å². The molecule has 0 aliphatic carbocycles. The zero-order chi connectivity index (χ0) is 8.06. The van der Waals surface area contributed by atoms with E-state index in [9.17, 15) is 0 Å². The average Bonchev–Trinajstić information content (AvgIpc) is 2.19. The van der Waals surface area contributed by atoms with E-state index in [4.69, 9.17) is 0 Å². The van der Waals surface area contributed by atoms with Gasteiger partial charge in [0.15, 0.2) is 0 Å². The highest BCUT2D eigenvalue weighted by molar-refractivity contribution is 14.1. The summed E-state index contributed by atoms with van der Waals surface area (Å²) in [6, 6.07) is 1.80. The third-order valence-corrected chi connectivity index (χ3v) is 4.19. The van der Waals surface area contributed by atoms with Crippen LogP contribution in [0.3, 0.4) is 0 Å². The molecule has 64 valence electrons. The Morgan fingerprint density at radius 2 is 1.73 bits per heavy atom. The van der Waals surface area contributed by atoms with E-state index in [1.54, 1.807) is 0 Å². The molecule has 0 spiro atoms. The molecule has 0 N–H and O–H groups in total. The Labute approximate surface area is 82.7 Å². The van der Waals surface area contributed by atoms with Crippen molar-refractivity contribution < 1.29 is 0 Å². The van der Waals surface area contributed by atoms with E-state index < -0.39 is 0 Å². The zero-order valence-corrected chi connectivity index (χ0v) is 9.47. The highest BCUT2D eigenvalue weighted by Crippen LogP contribution is 2.43. The molecule has 1 nitrogen and oxygen atoms in total. The lowest BCUT2D eigenvalue weighted by molar-refractivity contribution is 0.161. The van der Waals surface area contributed by atoms with Crippen LogP contribution in [0.5, 0.6) is 0 Å². The van der Waals surface area contributed by atoms with Crippen LogP contribution in [0.25, 0.3) is 0 Å². The van der Waals surface area contributed by atoms with E-state index in [0.717, 1.165) is 12.1 Å². The van der Waals surface area contributed by atoms with Gasteiger partial charge in [0.25, 0.3) is 0 Å². The fraction of sp³-hybridized carbons (Fsp3) is 1.00. The van der Waals surface area contributed by atoms with Crippen LogP contribution in [0.4, 0.5) is 0 Å². The van der Waals surface area contributed by atoms with E-state index in [0.29, 0.717) is 3.42 Å². The Balaban J connectivity index is 2.14. The van der Waals surface area contributed by atoms with Gasteiger partial charge in [0.1, 0.15) is 0 Å². The van der Waals surface area contributed by atoms with Gasteiger partial charge in [-0.15, -0.1) is 0 Å². The Hall–Kier alpha value is 0.690. The molecule has 0 aromatic rings. The van der Waals surface area contributed by atoms with Gasteiger partial charge in [-0.3, -0.25) is 0 Å². The molecule has 2 unspecified atom stereocenters. The van der Waals surface area contributed by atoms with Crippen molar-refractivity contribution in [3.63, 3.8) is 0 Å². The second-order valence-corrected chi connectivity index (χ2v) is 6.98. The standard InChI is InChI=1S/C9H16IN/c1-9(10)5-7-3-4-8(6-9)11(7)2/h7-8H,3-6H2,1-2H3. The summed E-state index contributed by atoms with van der Waals surface area (Å²) >= 11 is 2.64. The summed E-state index contributed by atoms with van der Waals surface area (Å²) < 4.78 is 0.593. The van der Waals surface area contributed by atoms with Crippen LogP contribution < -0.4 is 0 Å². The molecule has 0 amide bonds. The van der Waals surface area contributed by atoms with Gasteiger partial charge in [0.2, 0.25) is 0 Å². The molecule has 2 saturated heterocycles. The molecular weight excluding hydrogens is 249 g/mol. The molecule has 11 heavy (non-hydrogen) atoms. The lowest BCUT2D eigenvalue weighted by atomic mass is 9.93. The van der Waals surface area contributed by atoms with Crippen LogP contribution in [-0.2, 0) is 0 Å². The number of alkyl halides is 1. The average molecular weight is 265 g/mol. The molecule has 2 heterocycles. The number of hydrogen-bond acceptors (Lipinski definition) is 1. The zero-order valence-electron chi connectivity index (χ0n) is 7.31. The van der Waals surface area contributed by atoms with Crippen molar-refractivity contribution in [1.29, 1.82) is 0 Å². The number of nitrogens with zero attached hydrogens (tertiary/aromatic N) is 1. The fourth-order valence-corrected chi connectivity index (χ4v) is 3.66. The van der Waals surface area contributed by atoms with Crippen LogP contribution in [0.2, 0.25) is 0 Å². The van der Waals surface area contributed by atoms with Gasteiger partial charge < -0.3 is 4.90 Å². The number of fused-ring (bicyclic) bond motifs is 2. The first-order valence-electron chi connectivity index (χ1n) is 4.49. The first-order valence-corrected chi connectivity index (χ1v) is 5.57. The topological polar surface area (TPSA) is 3.24 Å². The predicted molar refractivity (Wildman–Crippen MR) is 56.2 cm³/mol. The minimum Gasteiger partial charge on any atom is -0.300 e. The summed E-state index contributed by atoms with van der Waals surface area (Å²) in [7, 11) is 2.30. The Bertz CT molecular complexity index is 151. The fourth-order valence-electron chi connectivity index (χ4n) is 2.65. The van der Waals surface area contributed by atoms with Crippen molar-refractivity contribution in [1.82, 2.24) is 4.90 Å². The van der Waals surface area contributed by atoms with Crippen molar-refractivity contribution in [2.75, 3.05) is 7.05 Å². The van der Waals surface area contributed by atoms with Gasteiger partial charge >= 0.3 is 0 Å². The highest BCUT2D eigenvalue weighted by atomic mass is 127. The van der Waals surface area contributed by atoms with Gasteiger partial charge in [-0.1, -0.05) is 29.5 Å². The van der Waals surface area contributed by atoms with Crippen LogP contribution >= 0.6 is 22.6 Å². The second kappa shape index (κ2) is 2.59. The van der Waals surface area contributed by atoms with Crippen LogP contribution in [0.1, 0.15) is 32.6 Å². The first kappa shape index (κ1) is 8.30. The van der Waals surface area contributed by atoms with Crippen LogP contribution in [0.15, 0.2) is 0 Å². The predicted octanol–water partition coefficient (Wildman–Crippen LogP) is 2.44. The molecule has 0 saturated carbocycles. The van der Waals surface area contributed by atoms with Crippen LogP contribution in [0, 0.1) is 0 Å². The highest BCUT2D eigenvalue weighted by Gasteiger charge is 2.42. The van der Waals surface area contributed by atoms with Crippen molar-refractivity contribution in [3.8, 4) is 0 Å². The van der Waals surface area contributed by atoms with E-state index in [1.807, 2.05) is 0 Å². The van der Waals surface area contributed by atoms with Crippen molar-refractivity contribution in [2.45, 2.75) is 48.1 Å². The van der Waals surface area contributed by atoms with E-state index in [2.05, 4.69) is 41.5 Å². The number of piperidine rings is 1. The smallest absolute Gasteiger partial charge is 0.0224 e. The molecule has 2 aliphatic heterocycles. The quantitative estimate of drug-likeness (QED) is 0.480. The lowest BCUT2D eigenvalue weighted by Crippen LogP contribution is -2.44. The largest absolute Gasteiger partial charge is 0.300 e. The van der Waals surface area contributed by atoms with Crippen molar-refractivity contribution in [3.05, 3.63) is 0 Å². The summed E-state index contributed by atoms with van der Waals surface area (Å²) in [5, 5.41) is 0. The van der Waals surface area contributed by atoms with E-state index >= 15 is 0 Å². The molecule has 2 bridgehead atoms. The SMILES string of the molecule is CN1C2CCC1CC(C)(I)C2. The first-order chi connectivity index (χ1) is 5.08. The van der Waals surface area contributed by atoms with Gasteiger partial charge in [0.05, 0.1) is 0 Å². The lowest BCUT2D eigenvalue weighted by Gasteiger charge is -2.39. The van der Waals surface area contributed by atoms with E-state index in [-0.39, 0.29) is 0 Å². The summed E-state index contributed by atoms with van der Waals surface area (Å²) in [6.45, 7) is 2.41. The van der Waals surface area contributed by atoms with Gasteiger partial charge in [-0.2, -0.15) is 0 Å². The Morgan fingerprint density at radius 3 is 2.18 bits per heavy atom. The Morgan fingerprint density at radius 1 is 1.27 bits per heavy atom. The Kier molecular flexibility index (Phi) is 1.95. The molecule has 2 atom stereocenters. The molecule has 0 aromatic carbocycles. The van der Waals surface area contributed by atoms with E-state index in [1.165, 1.54) is 25.7 Å².